The molecule has 1 aliphatic heterocycles. The van der Waals surface area contributed by atoms with Gasteiger partial charge in [-0.05, 0) is 42.2 Å². The van der Waals surface area contributed by atoms with Crippen LogP contribution in [0.25, 0.3) is 0 Å². The summed E-state index contributed by atoms with van der Waals surface area (Å²) in [7, 11) is -3.70. The Morgan fingerprint density at radius 3 is 2.63 bits per heavy atom. The van der Waals surface area contributed by atoms with E-state index in [1.165, 1.54) is 17.2 Å². The summed E-state index contributed by atoms with van der Waals surface area (Å²) in [4.78, 5) is 7.04. The predicted octanol–water partition coefficient (Wildman–Crippen LogP) is 2.48. The minimum absolute atomic E-state index is 0. The average molecular weight is 500 g/mol. The Bertz CT molecular complexity index is 915. The first-order valence-electron chi connectivity index (χ1n) is 8.69. The Balaban J connectivity index is 0.00000261. The van der Waals surface area contributed by atoms with Crippen LogP contribution >= 0.6 is 24.0 Å². The number of nitrogens with zero attached hydrogens (tertiary/aromatic N) is 2. The summed E-state index contributed by atoms with van der Waals surface area (Å²) in [5.74, 6) is 0.836. The van der Waals surface area contributed by atoms with Gasteiger partial charge in [0.25, 0.3) is 0 Å². The summed E-state index contributed by atoms with van der Waals surface area (Å²) < 4.78 is 23.0. The third-order valence-electron chi connectivity index (χ3n) is 4.40. The molecule has 0 saturated heterocycles. The van der Waals surface area contributed by atoms with Crippen molar-refractivity contribution in [2.45, 2.75) is 31.3 Å². The number of nitrogens with one attached hydrogen (secondary N) is 1. The molecular formula is C19H25IN4O2S. The summed E-state index contributed by atoms with van der Waals surface area (Å²) in [6.45, 7) is 4.92. The van der Waals surface area contributed by atoms with E-state index in [1.807, 2.05) is 13.0 Å². The van der Waals surface area contributed by atoms with Crippen LogP contribution in [0.3, 0.4) is 0 Å². The van der Waals surface area contributed by atoms with E-state index >= 15 is 0 Å². The van der Waals surface area contributed by atoms with Crippen LogP contribution in [0.5, 0.6) is 0 Å². The third kappa shape index (κ3) is 5.66. The van der Waals surface area contributed by atoms with Gasteiger partial charge in [0.1, 0.15) is 0 Å². The molecule has 27 heavy (non-hydrogen) atoms. The maximum absolute atomic E-state index is 11.5. The lowest BCUT2D eigenvalue weighted by atomic mass is 10.0. The van der Waals surface area contributed by atoms with Gasteiger partial charge >= 0.3 is 0 Å². The summed E-state index contributed by atoms with van der Waals surface area (Å²) >= 11 is 0. The largest absolute Gasteiger partial charge is 0.356 e. The molecule has 1 heterocycles. The summed E-state index contributed by atoms with van der Waals surface area (Å²) in [5.41, 5.74) is 3.52. The van der Waals surface area contributed by atoms with Crippen LogP contribution in [-0.4, -0.2) is 32.4 Å². The fourth-order valence-electron chi connectivity index (χ4n) is 3.09. The van der Waals surface area contributed by atoms with Gasteiger partial charge in [-0.15, -0.1) is 24.0 Å². The number of hydrogen-bond acceptors (Lipinski definition) is 3. The molecule has 8 heteroatoms. The molecule has 146 valence electrons. The van der Waals surface area contributed by atoms with Crippen molar-refractivity contribution in [1.29, 1.82) is 0 Å². The van der Waals surface area contributed by atoms with Crippen LogP contribution in [0.4, 0.5) is 0 Å². The Labute approximate surface area is 177 Å². The second-order valence-corrected chi connectivity index (χ2v) is 7.86. The van der Waals surface area contributed by atoms with Crippen LogP contribution in [0, 0.1) is 0 Å². The van der Waals surface area contributed by atoms with Crippen LogP contribution in [-0.2, 0) is 29.5 Å². The first-order chi connectivity index (χ1) is 12.5. The summed E-state index contributed by atoms with van der Waals surface area (Å²) in [5, 5.41) is 8.54. The molecule has 0 fully saturated rings. The normalized spacial score (nSPS) is 14.3. The van der Waals surface area contributed by atoms with Gasteiger partial charge in [0, 0.05) is 19.6 Å². The average Bonchev–Trinajstić information content (AvgIpc) is 2.64. The standard InChI is InChI=1S/C19H24N4O2S.HI/c1-2-21-19(23-11-10-16-7-3-4-8-17(16)14-23)22-13-15-6-5-9-18(12-15)26(20,24)25;/h3-9,12H,2,10-11,13-14H2,1H3,(H,21,22)(H2,20,24,25);1H. The molecule has 3 N–H and O–H groups in total. The van der Waals surface area contributed by atoms with E-state index in [9.17, 15) is 8.42 Å². The molecule has 6 nitrogen and oxygen atoms in total. The smallest absolute Gasteiger partial charge is 0.238 e. The lowest BCUT2D eigenvalue weighted by Gasteiger charge is -2.31. The van der Waals surface area contributed by atoms with Crippen LogP contribution in [0.15, 0.2) is 58.4 Å². The molecule has 3 rings (SSSR count). The van der Waals surface area contributed by atoms with Crippen molar-refractivity contribution in [1.82, 2.24) is 10.2 Å². The number of benzene rings is 2. The number of halogens is 1. The molecule has 0 radical (unpaired) electrons. The highest BCUT2D eigenvalue weighted by Gasteiger charge is 2.18. The maximum atomic E-state index is 11.5. The number of rotatable bonds is 4. The zero-order valence-electron chi connectivity index (χ0n) is 15.3. The van der Waals surface area contributed by atoms with Gasteiger partial charge in [0.05, 0.1) is 11.4 Å². The maximum Gasteiger partial charge on any atom is 0.238 e. The lowest BCUT2D eigenvalue weighted by molar-refractivity contribution is 0.378. The van der Waals surface area contributed by atoms with Crippen LogP contribution in [0.2, 0.25) is 0 Å². The first kappa shape index (κ1) is 21.6. The Morgan fingerprint density at radius 2 is 1.93 bits per heavy atom. The van der Waals surface area contributed by atoms with Crippen molar-refractivity contribution in [2.75, 3.05) is 13.1 Å². The van der Waals surface area contributed by atoms with Crippen molar-refractivity contribution in [3.8, 4) is 0 Å². The van der Waals surface area contributed by atoms with Gasteiger partial charge < -0.3 is 10.2 Å². The molecule has 1 aliphatic rings. The molecule has 0 bridgehead atoms. The zero-order valence-corrected chi connectivity index (χ0v) is 18.4. The van der Waals surface area contributed by atoms with Gasteiger partial charge in [-0.25, -0.2) is 18.5 Å². The Morgan fingerprint density at radius 1 is 1.19 bits per heavy atom. The van der Waals surface area contributed by atoms with E-state index in [-0.39, 0.29) is 28.9 Å². The fourth-order valence-corrected chi connectivity index (χ4v) is 3.67. The number of guanidine groups is 1. The zero-order chi connectivity index (χ0) is 18.6. The van der Waals surface area contributed by atoms with Crippen molar-refractivity contribution in [3.05, 3.63) is 65.2 Å². The van der Waals surface area contributed by atoms with Crippen molar-refractivity contribution < 1.29 is 8.42 Å². The van der Waals surface area contributed by atoms with E-state index in [0.717, 1.165) is 37.6 Å². The highest BCUT2D eigenvalue weighted by atomic mass is 127. The van der Waals surface area contributed by atoms with E-state index in [4.69, 9.17) is 10.1 Å². The van der Waals surface area contributed by atoms with Gasteiger partial charge in [-0.3, -0.25) is 0 Å². The fraction of sp³-hybridized carbons (Fsp3) is 0.316. The minimum Gasteiger partial charge on any atom is -0.356 e. The summed E-state index contributed by atoms with van der Waals surface area (Å²) in [6.07, 6.45) is 0.988. The predicted molar refractivity (Wildman–Crippen MR) is 119 cm³/mol. The monoisotopic (exact) mass is 500 g/mol. The van der Waals surface area contributed by atoms with Crippen molar-refractivity contribution in [3.63, 3.8) is 0 Å². The Kier molecular flexibility index (Phi) is 7.63. The van der Waals surface area contributed by atoms with E-state index in [1.54, 1.807) is 12.1 Å². The highest BCUT2D eigenvalue weighted by Crippen LogP contribution is 2.19. The SMILES string of the molecule is CCNC(=NCc1cccc(S(N)(=O)=O)c1)N1CCc2ccccc2C1.I. The van der Waals surface area contributed by atoms with E-state index < -0.39 is 10.0 Å². The number of sulfonamides is 1. The Hall–Kier alpha value is -1.65. The van der Waals surface area contributed by atoms with Crippen molar-refractivity contribution >= 4 is 40.0 Å². The van der Waals surface area contributed by atoms with Crippen molar-refractivity contribution in [2.24, 2.45) is 10.1 Å². The second-order valence-electron chi connectivity index (χ2n) is 6.30. The van der Waals surface area contributed by atoms with Crippen LogP contribution in [0.1, 0.15) is 23.6 Å². The molecular weight excluding hydrogens is 475 g/mol. The van der Waals surface area contributed by atoms with Gasteiger partial charge in [0.2, 0.25) is 10.0 Å². The van der Waals surface area contributed by atoms with Gasteiger partial charge in [-0.2, -0.15) is 0 Å². The third-order valence-corrected chi connectivity index (χ3v) is 5.31. The molecule has 0 spiro atoms. The molecule has 2 aromatic carbocycles. The first-order valence-corrected chi connectivity index (χ1v) is 10.2. The quantitative estimate of drug-likeness (QED) is 0.384. The number of primary sulfonamides is 1. The molecule has 0 aliphatic carbocycles. The molecule has 0 aromatic heterocycles. The molecule has 0 unspecified atom stereocenters. The van der Waals surface area contributed by atoms with E-state index in [0.29, 0.717) is 6.54 Å². The van der Waals surface area contributed by atoms with Gasteiger partial charge in [0.15, 0.2) is 5.96 Å². The minimum atomic E-state index is -3.70. The van der Waals surface area contributed by atoms with Crippen LogP contribution < -0.4 is 10.5 Å². The number of aliphatic imine (C=N–C) groups is 1. The molecule has 0 amide bonds. The molecule has 0 saturated carbocycles. The topological polar surface area (TPSA) is 87.8 Å². The van der Waals surface area contributed by atoms with Gasteiger partial charge in [-0.1, -0.05) is 36.4 Å². The highest BCUT2D eigenvalue weighted by molar-refractivity contribution is 14.0. The lowest BCUT2D eigenvalue weighted by Crippen LogP contribution is -2.44. The molecule has 2 aromatic rings. The second kappa shape index (κ2) is 9.52. The summed E-state index contributed by atoms with van der Waals surface area (Å²) in [6, 6.07) is 15.1. The molecule has 0 atom stereocenters. The number of hydrogen-bond donors (Lipinski definition) is 2. The van der Waals surface area contributed by atoms with E-state index in [2.05, 4.69) is 34.5 Å². The number of fused-ring (bicyclic) bond motifs is 1. The number of nitrogens with two attached hydrogens (primary N) is 1.